The van der Waals surface area contributed by atoms with Gasteiger partial charge in [0.05, 0.1) is 18.2 Å². The molecule has 1 aromatic carbocycles. The van der Waals surface area contributed by atoms with Gasteiger partial charge in [0.25, 0.3) is 0 Å². The number of ether oxygens (including phenoxy) is 2. The first-order valence-corrected chi connectivity index (χ1v) is 12.9. The number of aromatic nitrogens is 7. The predicted octanol–water partition coefficient (Wildman–Crippen LogP) is 4.31. The Labute approximate surface area is 236 Å². The number of hydrogen-bond donors (Lipinski definition) is 1. The Morgan fingerprint density at radius 3 is 2.52 bits per heavy atom. The first-order chi connectivity index (χ1) is 20.2. The summed E-state index contributed by atoms with van der Waals surface area (Å²) in [4.78, 5) is 37.6. The van der Waals surface area contributed by atoms with Crippen molar-refractivity contribution in [2.75, 3.05) is 7.11 Å². The van der Waals surface area contributed by atoms with Crippen molar-refractivity contribution in [3.8, 4) is 34.5 Å². The maximum absolute atomic E-state index is 13.3. The number of nitrogens with two attached hydrogens (primary N) is 1. The van der Waals surface area contributed by atoms with Gasteiger partial charge in [-0.05, 0) is 30.5 Å². The summed E-state index contributed by atoms with van der Waals surface area (Å²) < 4.78 is 52.5. The second-order valence-electron chi connectivity index (χ2n) is 9.67. The lowest BCUT2D eigenvalue weighted by Crippen LogP contribution is -2.18. The number of pyridine rings is 1. The lowest BCUT2D eigenvalue weighted by molar-refractivity contribution is -0.141. The molecule has 1 aliphatic rings. The number of nitrogens with zero attached hydrogens (tertiary/aromatic N) is 7. The van der Waals surface area contributed by atoms with Crippen LogP contribution in [-0.2, 0) is 24.1 Å². The topological polar surface area (TPSA) is 144 Å². The van der Waals surface area contributed by atoms with Crippen LogP contribution in [0.1, 0.15) is 35.7 Å². The van der Waals surface area contributed by atoms with E-state index in [0.717, 1.165) is 29.3 Å². The molecule has 0 atom stereocenters. The summed E-state index contributed by atoms with van der Waals surface area (Å²) in [7, 11) is 1.52. The minimum absolute atomic E-state index is 0.0309. The SMILES string of the molecule is COc1ncnc(C2CC2)c1-c1nc(OCc2ccc(-c3nc(C(F)(F)F)cn3CC(N)=O)cc2)c2cccnc2n1. The number of imidazole rings is 1. The molecule has 214 valence electrons. The lowest BCUT2D eigenvalue weighted by Gasteiger charge is -2.13. The first-order valence-electron chi connectivity index (χ1n) is 12.9. The summed E-state index contributed by atoms with van der Waals surface area (Å²) in [5.41, 5.74) is 7.01. The normalized spacial score (nSPS) is 13.3. The molecule has 5 aromatic rings. The van der Waals surface area contributed by atoms with Crippen LogP contribution in [-0.4, -0.2) is 47.5 Å². The summed E-state index contributed by atoms with van der Waals surface area (Å²) in [6, 6.07) is 10.1. The maximum atomic E-state index is 13.3. The van der Waals surface area contributed by atoms with Crippen LogP contribution < -0.4 is 15.2 Å². The van der Waals surface area contributed by atoms with Crippen molar-refractivity contribution < 1.29 is 27.4 Å². The highest BCUT2D eigenvalue weighted by Gasteiger charge is 2.35. The van der Waals surface area contributed by atoms with Gasteiger partial charge in [0.1, 0.15) is 30.9 Å². The maximum Gasteiger partial charge on any atom is 0.434 e. The monoisotopic (exact) mass is 576 g/mol. The van der Waals surface area contributed by atoms with Gasteiger partial charge in [0.2, 0.25) is 17.7 Å². The molecule has 1 aliphatic carbocycles. The number of fused-ring (bicyclic) bond motifs is 1. The van der Waals surface area contributed by atoms with Crippen LogP contribution in [0, 0.1) is 0 Å². The molecule has 14 heteroatoms. The van der Waals surface area contributed by atoms with E-state index in [4.69, 9.17) is 20.2 Å². The number of primary amides is 1. The van der Waals surface area contributed by atoms with Gasteiger partial charge < -0.3 is 19.8 Å². The molecule has 0 saturated heterocycles. The Morgan fingerprint density at radius 2 is 1.83 bits per heavy atom. The van der Waals surface area contributed by atoms with Crippen LogP contribution in [0.2, 0.25) is 0 Å². The number of halogens is 3. The fourth-order valence-corrected chi connectivity index (χ4v) is 4.54. The van der Waals surface area contributed by atoms with Crippen molar-refractivity contribution in [3.63, 3.8) is 0 Å². The van der Waals surface area contributed by atoms with Gasteiger partial charge in [-0.25, -0.2) is 24.9 Å². The van der Waals surface area contributed by atoms with E-state index < -0.39 is 24.3 Å². The summed E-state index contributed by atoms with van der Waals surface area (Å²) in [6.45, 7) is -0.359. The molecular formula is C28H23F3N8O3. The zero-order valence-corrected chi connectivity index (χ0v) is 22.2. The number of benzene rings is 1. The lowest BCUT2D eigenvalue weighted by atomic mass is 10.1. The first kappa shape index (κ1) is 27.1. The van der Waals surface area contributed by atoms with Crippen LogP contribution in [0.3, 0.4) is 0 Å². The Morgan fingerprint density at radius 1 is 1.05 bits per heavy atom. The number of hydrogen-bond acceptors (Lipinski definition) is 9. The molecule has 0 radical (unpaired) electrons. The smallest absolute Gasteiger partial charge is 0.434 e. The number of rotatable bonds is 9. The zero-order chi connectivity index (χ0) is 29.4. The summed E-state index contributed by atoms with van der Waals surface area (Å²) in [5, 5.41) is 0.592. The van der Waals surface area contributed by atoms with Gasteiger partial charge in [-0.2, -0.15) is 18.2 Å². The predicted molar refractivity (Wildman–Crippen MR) is 143 cm³/mol. The largest absolute Gasteiger partial charge is 0.480 e. The summed E-state index contributed by atoms with van der Waals surface area (Å²) >= 11 is 0. The molecule has 4 aromatic heterocycles. The van der Waals surface area contributed by atoms with Crippen LogP contribution in [0.15, 0.2) is 55.1 Å². The summed E-state index contributed by atoms with van der Waals surface area (Å²) in [5.74, 6) is 0.416. The van der Waals surface area contributed by atoms with Crippen LogP contribution in [0.25, 0.3) is 33.8 Å². The second kappa shape index (κ2) is 10.7. The molecule has 6 rings (SSSR count). The third-order valence-electron chi connectivity index (χ3n) is 6.64. The van der Waals surface area contributed by atoms with Crippen molar-refractivity contribution in [2.24, 2.45) is 5.73 Å². The highest BCUT2D eigenvalue weighted by atomic mass is 19.4. The van der Waals surface area contributed by atoms with E-state index in [2.05, 4.69) is 24.9 Å². The second-order valence-corrected chi connectivity index (χ2v) is 9.67. The van der Waals surface area contributed by atoms with Crippen molar-refractivity contribution >= 4 is 16.9 Å². The molecule has 0 bridgehead atoms. The van der Waals surface area contributed by atoms with Gasteiger partial charge in [-0.3, -0.25) is 4.79 Å². The van der Waals surface area contributed by atoms with Crippen LogP contribution in [0.4, 0.5) is 13.2 Å². The van der Waals surface area contributed by atoms with E-state index in [1.54, 1.807) is 42.6 Å². The van der Waals surface area contributed by atoms with Crippen molar-refractivity contribution in [2.45, 2.75) is 38.1 Å². The molecule has 11 nitrogen and oxygen atoms in total. The highest BCUT2D eigenvalue weighted by Crippen LogP contribution is 2.45. The molecule has 2 N–H and O–H groups in total. The summed E-state index contributed by atoms with van der Waals surface area (Å²) in [6.07, 6.45) is 1.17. The Hall–Kier alpha value is -5.14. The van der Waals surface area contributed by atoms with Gasteiger partial charge in [-0.15, -0.1) is 0 Å². The average molecular weight is 577 g/mol. The molecule has 0 spiro atoms. The number of carbonyl (C=O) groups excluding carboxylic acids is 1. The molecular weight excluding hydrogens is 553 g/mol. The third-order valence-corrected chi connectivity index (χ3v) is 6.64. The Balaban J connectivity index is 1.30. The Bertz CT molecular complexity index is 1790. The average Bonchev–Trinajstić information content (AvgIpc) is 3.74. The zero-order valence-electron chi connectivity index (χ0n) is 22.2. The van der Waals surface area contributed by atoms with Gasteiger partial charge in [0, 0.05) is 23.9 Å². The van der Waals surface area contributed by atoms with Crippen LogP contribution in [0.5, 0.6) is 11.8 Å². The van der Waals surface area contributed by atoms with Crippen molar-refractivity contribution in [1.29, 1.82) is 0 Å². The van der Waals surface area contributed by atoms with E-state index in [1.807, 2.05) is 0 Å². The van der Waals surface area contributed by atoms with Crippen molar-refractivity contribution in [1.82, 2.24) is 34.5 Å². The van der Waals surface area contributed by atoms with E-state index >= 15 is 0 Å². The standard InChI is InChI=1S/C28H23F3N8O3/c1-41-27-21(22(16-8-9-16)34-14-35-27)24-37-23-18(3-2-10-33-23)26(38-24)42-13-15-4-6-17(7-5-15)25-36-19(28(29,30)31)11-39(25)12-20(32)40/h2-7,10-11,14,16H,8-9,12-13H2,1H3,(H2,32,40). The number of carbonyl (C=O) groups is 1. The minimum Gasteiger partial charge on any atom is -0.480 e. The molecule has 1 fully saturated rings. The third kappa shape index (κ3) is 5.42. The number of amides is 1. The quantitative estimate of drug-likeness (QED) is 0.271. The molecule has 4 heterocycles. The minimum atomic E-state index is -4.67. The molecule has 1 amide bonds. The van der Waals surface area contributed by atoms with Gasteiger partial charge in [-0.1, -0.05) is 24.3 Å². The fourth-order valence-electron chi connectivity index (χ4n) is 4.54. The molecule has 0 aliphatic heterocycles. The molecule has 1 saturated carbocycles. The van der Waals surface area contributed by atoms with Gasteiger partial charge >= 0.3 is 6.18 Å². The van der Waals surface area contributed by atoms with E-state index in [-0.39, 0.29) is 24.2 Å². The number of methoxy groups -OCH3 is 1. The van der Waals surface area contributed by atoms with E-state index in [1.165, 1.54) is 13.4 Å². The van der Waals surface area contributed by atoms with E-state index in [9.17, 15) is 18.0 Å². The molecule has 42 heavy (non-hydrogen) atoms. The Kier molecular flexibility index (Phi) is 6.88. The van der Waals surface area contributed by atoms with Gasteiger partial charge in [0.15, 0.2) is 17.2 Å². The van der Waals surface area contributed by atoms with E-state index in [0.29, 0.717) is 39.4 Å². The van der Waals surface area contributed by atoms with Crippen molar-refractivity contribution in [3.05, 3.63) is 72.1 Å². The molecule has 0 unspecified atom stereocenters. The fraction of sp³-hybridized carbons (Fsp3) is 0.250. The number of alkyl halides is 3. The van der Waals surface area contributed by atoms with Crippen LogP contribution >= 0.6 is 0 Å². The highest BCUT2D eigenvalue weighted by molar-refractivity contribution is 5.83.